The van der Waals surface area contributed by atoms with Crippen molar-refractivity contribution in [1.29, 1.82) is 0 Å². The van der Waals surface area contributed by atoms with Gasteiger partial charge >= 0.3 is 0 Å². The zero-order valence-electron chi connectivity index (χ0n) is 12.9. The zero-order valence-corrected chi connectivity index (χ0v) is 13.8. The molecule has 0 aliphatic carbocycles. The molecule has 1 amide bonds. The van der Waals surface area contributed by atoms with Crippen molar-refractivity contribution in [2.45, 2.75) is 37.8 Å². The zero-order chi connectivity index (χ0) is 15.4. The molecular formula is C18H21NOS. The molecule has 21 heavy (non-hydrogen) atoms. The molecule has 0 unspecified atom stereocenters. The van der Waals surface area contributed by atoms with Crippen LogP contribution in [-0.4, -0.2) is 11.2 Å². The summed E-state index contributed by atoms with van der Waals surface area (Å²) in [6.45, 7) is 8.37. The second kappa shape index (κ2) is 6.81. The van der Waals surface area contributed by atoms with Crippen LogP contribution in [0.1, 0.15) is 35.3 Å². The molecule has 3 heteroatoms. The standard InChI is InChI=1S/C18H21NOS/c1-12(2)21-17-7-5-15(6-8-17)18(20)19-16-10-13(3)9-14(4)11-16/h5-12H,1-4H3,(H,19,20). The van der Waals surface area contributed by atoms with Crippen LogP contribution in [0, 0.1) is 13.8 Å². The predicted octanol–water partition coefficient (Wildman–Crippen LogP) is 5.06. The van der Waals surface area contributed by atoms with Gasteiger partial charge in [-0.15, -0.1) is 11.8 Å². The molecular weight excluding hydrogens is 278 g/mol. The fourth-order valence-corrected chi connectivity index (χ4v) is 3.04. The van der Waals surface area contributed by atoms with Crippen LogP contribution in [0.15, 0.2) is 47.4 Å². The van der Waals surface area contributed by atoms with E-state index in [1.54, 1.807) is 11.8 Å². The molecule has 0 atom stereocenters. The summed E-state index contributed by atoms with van der Waals surface area (Å²) >= 11 is 1.80. The molecule has 0 spiro atoms. The van der Waals surface area contributed by atoms with E-state index in [1.807, 2.05) is 50.2 Å². The van der Waals surface area contributed by atoms with Gasteiger partial charge in [0.25, 0.3) is 5.91 Å². The van der Waals surface area contributed by atoms with Crippen LogP contribution in [0.4, 0.5) is 5.69 Å². The maximum Gasteiger partial charge on any atom is 0.255 e. The average Bonchev–Trinajstić information content (AvgIpc) is 2.37. The topological polar surface area (TPSA) is 29.1 Å². The normalized spacial score (nSPS) is 10.7. The van der Waals surface area contributed by atoms with Gasteiger partial charge in [0.1, 0.15) is 0 Å². The summed E-state index contributed by atoms with van der Waals surface area (Å²) in [6.07, 6.45) is 0. The third-order valence-electron chi connectivity index (χ3n) is 2.97. The highest BCUT2D eigenvalue weighted by atomic mass is 32.2. The third kappa shape index (κ3) is 4.64. The lowest BCUT2D eigenvalue weighted by Crippen LogP contribution is -2.12. The van der Waals surface area contributed by atoms with E-state index in [-0.39, 0.29) is 5.91 Å². The van der Waals surface area contributed by atoms with Gasteiger partial charge in [-0.3, -0.25) is 4.79 Å². The Morgan fingerprint density at radius 3 is 2.10 bits per heavy atom. The second-order valence-corrected chi connectivity index (χ2v) is 7.17. The summed E-state index contributed by atoms with van der Waals surface area (Å²) in [5.74, 6) is -0.0684. The molecule has 0 aromatic heterocycles. The number of carbonyl (C=O) groups is 1. The number of amides is 1. The van der Waals surface area contributed by atoms with Gasteiger partial charge in [0.2, 0.25) is 0 Å². The summed E-state index contributed by atoms with van der Waals surface area (Å²) in [5, 5.41) is 3.50. The van der Waals surface area contributed by atoms with E-state index in [0.717, 1.165) is 16.8 Å². The molecule has 0 radical (unpaired) electrons. The van der Waals surface area contributed by atoms with Gasteiger partial charge in [-0.1, -0.05) is 19.9 Å². The molecule has 2 aromatic rings. The minimum Gasteiger partial charge on any atom is -0.322 e. The van der Waals surface area contributed by atoms with Crippen molar-refractivity contribution < 1.29 is 4.79 Å². The monoisotopic (exact) mass is 299 g/mol. The van der Waals surface area contributed by atoms with Gasteiger partial charge in [-0.2, -0.15) is 0 Å². The first-order chi connectivity index (χ1) is 9.94. The van der Waals surface area contributed by atoms with Crippen LogP contribution >= 0.6 is 11.8 Å². The van der Waals surface area contributed by atoms with Gasteiger partial charge in [-0.25, -0.2) is 0 Å². The Balaban J connectivity index is 2.09. The molecule has 110 valence electrons. The van der Waals surface area contributed by atoms with Gasteiger partial charge in [0, 0.05) is 21.4 Å². The number of hydrogen-bond donors (Lipinski definition) is 1. The highest BCUT2D eigenvalue weighted by Gasteiger charge is 2.07. The smallest absolute Gasteiger partial charge is 0.255 e. The van der Waals surface area contributed by atoms with Crippen molar-refractivity contribution in [3.05, 3.63) is 59.2 Å². The van der Waals surface area contributed by atoms with E-state index in [2.05, 4.69) is 25.2 Å². The Morgan fingerprint density at radius 1 is 1.00 bits per heavy atom. The van der Waals surface area contributed by atoms with Crippen LogP contribution in [0.25, 0.3) is 0 Å². The number of carbonyl (C=O) groups excluding carboxylic acids is 1. The minimum absolute atomic E-state index is 0.0684. The molecule has 2 rings (SSSR count). The molecule has 0 fully saturated rings. The van der Waals surface area contributed by atoms with Crippen LogP contribution in [0.5, 0.6) is 0 Å². The minimum atomic E-state index is -0.0684. The summed E-state index contributed by atoms with van der Waals surface area (Å²) in [7, 11) is 0. The maximum atomic E-state index is 12.3. The lowest BCUT2D eigenvalue weighted by molar-refractivity contribution is 0.102. The number of rotatable bonds is 4. The molecule has 0 saturated heterocycles. The Morgan fingerprint density at radius 2 is 1.57 bits per heavy atom. The van der Waals surface area contributed by atoms with Crippen molar-refractivity contribution >= 4 is 23.4 Å². The summed E-state index contributed by atoms with van der Waals surface area (Å²) in [6, 6.07) is 13.8. The van der Waals surface area contributed by atoms with E-state index in [9.17, 15) is 4.79 Å². The number of benzene rings is 2. The van der Waals surface area contributed by atoms with Gasteiger partial charge in [0.15, 0.2) is 0 Å². The molecule has 0 saturated carbocycles. The molecule has 0 heterocycles. The highest BCUT2D eigenvalue weighted by Crippen LogP contribution is 2.23. The summed E-state index contributed by atoms with van der Waals surface area (Å²) < 4.78 is 0. The molecule has 0 bridgehead atoms. The van der Waals surface area contributed by atoms with Crippen LogP contribution < -0.4 is 5.32 Å². The van der Waals surface area contributed by atoms with E-state index in [4.69, 9.17) is 0 Å². The van der Waals surface area contributed by atoms with Crippen molar-refractivity contribution in [1.82, 2.24) is 0 Å². The van der Waals surface area contributed by atoms with Crippen molar-refractivity contribution in [3.63, 3.8) is 0 Å². The quantitative estimate of drug-likeness (QED) is 0.800. The van der Waals surface area contributed by atoms with Crippen molar-refractivity contribution in [2.75, 3.05) is 5.32 Å². The Hall–Kier alpha value is -1.74. The summed E-state index contributed by atoms with van der Waals surface area (Å²) in [4.78, 5) is 13.4. The van der Waals surface area contributed by atoms with Gasteiger partial charge in [0.05, 0.1) is 0 Å². The van der Waals surface area contributed by atoms with E-state index < -0.39 is 0 Å². The first-order valence-electron chi connectivity index (χ1n) is 7.10. The molecule has 0 aliphatic rings. The SMILES string of the molecule is Cc1cc(C)cc(NC(=O)c2ccc(SC(C)C)cc2)c1. The second-order valence-electron chi connectivity index (χ2n) is 5.52. The Kier molecular flexibility index (Phi) is 5.07. The van der Waals surface area contributed by atoms with Crippen LogP contribution in [0.3, 0.4) is 0 Å². The molecule has 1 N–H and O–H groups in total. The lowest BCUT2D eigenvalue weighted by Gasteiger charge is -2.09. The number of thioether (sulfide) groups is 1. The van der Waals surface area contributed by atoms with Crippen LogP contribution in [0.2, 0.25) is 0 Å². The molecule has 0 aliphatic heterocycles. The highest BCUT2D eigenvalue weighted by molar-refractivity contribution is 7.99. The Labute approximate surface area is 131 Å². The van der Waals surface area contributed by atoms with Crippen LogP contribution in [-0.2, 0) is 0 Å². The number of nitrogens with one attached hydrogen (secondary N) is 1. The van der Waals surface area contributed by atoms with E-state index >= 15 is 0 Å². The predicted molar refractivity (Wildman–Crippen MR) is 91.3 cm³/mol. The molecule has 2 aromatic carbocycles. The first-order valence-corrected chi connectivity index (χ1v) is 7.98. The van der Waals surface area contributed by atoms with Crippen molar-refractivity contribution in [2.24, 2.45) is 0 Å². The fourth-order valence-electron chi connectivity index (χ4n) is 2.21. The number of anilines is 1. The largest absolute Gasteiger partial charge is 0.322 e. The van der Waals surface area contributed by atoms with E-state index in [1.165, 1.54) is 4.90 Å². The molecule has 2 nitrogen and oxygen atoms in total. The van der Waals surface area contributed by atoms with E-state index in [0.29, 0.717) is 10.8 Å². The maximum absolute atomic E-state index is 12.3. The van der Waals surface area contributed by atoms with Gasteiger partial charge < -0.3 is 5.32 Å². The van der Waals surface area contributed by atoms with Gasteiger partial charge in [-0.05, 0) is 61.4 Å². The number of aryl methyl sites for hydroxylation is 2. The first kappa shape index (κ1) is 15.6. The Bertz CT molecular complexity index is 612. The summed E-state index contributed by atoms with van der Waals surface area (Å²) in [5.41, 5.74) is 3.82. The number of hydrogen-bond acceptors (Lipinski definition) is 2. The van der Waals surface area contributed by atoms with Crippen molar-refractivity contribution in [3.8, 4) is 0 Å². The fraction of sp³-hybridized carbons (Fsp3) is 0.278. The lowest BCUT2D eigenvalue weighted by atomic mass is 10.1. The third-order valence-corrected chi connectivity index (χ3v) is 3.98. The average molecular weight is 299 g/mol.